The minimum absolute atomic E-state index is 0.236. The Bertz CT molecular complexity index is 344. The van der Waals surface area contributed by atoms with Crippen LogP contribution in [0.2, 0.25) is 0 Å². The molecule has 0 atom stereocenters. The molecule has 1 aromatic rings. The monoisotopic (exact) mass is 275 g/mol. The summed E-state index contributed by atoms with van der Waals surface area (Å²) in [5, 5.41) is 0. The molecule has 2 N–H and O–H groups in total. The Kier molecular flexibility index (Phi) is 4.16. The SMILES string of the molecule is COc1ccc(OCC(N)=S)c(Br)c1. The molecule has 0 fully saturated rings. The van der Waals surface area contributed by atoms with Gasteiger partial charge in [0.1, 0.15) is 23.1 Å². The zero-order valence-corrected chi connectivity index (χ0v) is 10.0. The van der Waals surface area contributed by atoms with Gasteiger partial charge in [-0.3, -0.25) is 0 Å². The first kappa shape index (κ1) is 11.3. The predicted molar refractivity (Wildman–Crippen MR) is 63.0 cm³/mol. The van der Waals surface area contributed by atoms with E-state index in [2.05, 4.69) is 15.9 Å². The third-order valence-electron chi connectivity index (χ3n) is 1.51. The molecule has 0 heterocycles. The van der Waals surface area contributed by atoms with E-state index < -0.39 is 0 Å². The van der Waals surface area contributed by atoms with E-state index >= 15 is 0 Å². The van der Waals surface area contributed by atoms with Gasteiger partial charge in [0.05, 0.1) is 11.6 Å². The standard InChI is InChI=1S/C9H10BrNO2S/c1-12-6-2-3-8(7(10)4-6)13-5-9(11)14/h2-4H,5H2,1H3,(H2,11,14). The summed E-state index contributed by atoms with van der Waals surface area (Å²) in [6, 6.07) is 5.41. The third-order valence-corrected chi connectivity index (χ3v) is 2.25. The maximum Gasteiger partial charge on any atom is 0.138 e. The van der Waals surface area contributed by atoms with Crippen LogP contribution in [-0.4, -0.2) is 18.7 Å². The maximum absolute atomic E-state index is 5.33. The summed E-state index contributed by atoms with van der Waals surface area (Å²) in [5.41, 5.74) is 5.31. The average molecular weight is 276 g/mol. The molecule has 0 aliphatic rings. The highest BCUT2D eigenvalue weighted by Crippen LogP contribution is 2.28. The second-order valence-electron chi connectivity index (χ2n) is 2.55. The quantitative estimate of drug-likeness (QED) is 0.856. The first-order valence-corrected chi connectivity index (χ1v) is 5.08. The molecule has 0 spiro atoms. The van der Waals surface area contributed by atoms with Crippen LogP contribution in [-0.2, 0) is 0 Å². The topological polar surface area (TPSA) is 44.5 Å². The van der Waals surface area contributed by atoms with Crippen molar-refractivity contribution in [3.8, 4) is 11.5 Å². The van der Waals surface area contributed by atoms with Crippen molar-refractivity contribution >= 4 is 33.1 Å². The molecule has 0 saturated heterocycles. The van der Waals surface area contributed by atoms with Gasteiger partial charge in [-0.25, -0.2) is 0 Å². The smallest absolute Gasteiger partial charge is 0.138 e. The molecule has 0 aliphatic heterocycles. The molecule has 0 saturated carbocycles. The van der Waals surface area contributed by atoms with Crippen LogP contribution in [0.1, 0.15) is 0 Å². The summed E-state index contributed by atoms with van der Waals surface area (Å²) in [7, 11) is 1.61. The molecule has 1 aromatic carbocycles. The van der Waals surface area contributed by atoms with Crippen molar-refractivity contribution in [3.05, 3.63) is 22.7 Å². The number of hydrogen-bond donors (Lipinski definition) is 1. The van der Waals surface area contributed by atoms with Gasteiger partial charge >= 0.3 is 0 Å². The van der Waals surface area contributed by atoms with Crippen molar-refractivity contribution < 1.29 is 9.47 Å². The van der Waals surface area contributed by atoms with Gasteiger partial charge in [0, 0.05) is 0 Å². The molecular weight excluding hydrogens is 266 g/mol. The van der Waals surface area contributed by atoms with Gasteiger partial charge < -0.3 is 15.2 Å². The second-order valence-corrected chi connectivity index (χ2v) is 3.93. The molecule has 0 unspecified atom stereocenters. The lowest BCUT2D eigenvalue weighted by Crippen LogP contribution is -2.17. The summed E-state index contributed by atoms with van der Waals surface area (Å²) in [4.78, 5) is 0.327. The molecule has 76 valence electrons. The average Bonchev–Trinajstić information content (AvgIpc) is 2.15. The number of halogens is 1. The van der Waals surface area contributed by atoms with Crippen molar-refractivity contribution in [3.63, 3.8) is 0 Å². The number of ether oxygens (including phenoxy) is 2. The molecule has 0 aromatic heterocycles. The highest BCUT2D eigenvalue weighted by Gasteiger charge is 2.02. The van der Waals surface area contributed by atoms with E-state index in [0.717, 1.165) is 10.2 Å². The summed E-state index contributed by atoms with van der Waals surface area (Å²) in [6.07, 6.45) is 0. The number of rotatable bonds is 4. The molecule has 0 radical (unpaired) electrons. The Labute approximate surface area is 96.3 Å². The lowest BCUT2D eigenvalue weighted by atomic mass is 10.3. The van der Waals surface area contributed by atoms with Crippen LogP contribution < -0.4 is 15.2 Å². The fraction of sp³-hybridized carbons (Fsp3) is 0.222. The summed E-state index contributed by atoms with van der Waals surface area (Å²) in [6.45, 7) is 0.236. The minimum Gasteiger partial charge on any atom is -0.497 e. The van der Waals surface area contributed by atoms with Crippen molar-refractivity contribution in [2.75, 3.05) is 13.7 Å². The van der Waals surface area contributed by atoms with Gasteiger partial charge in [-0.05, 0) is 34.1 Å². The van der Waals surface area contributed by atoms with E-state index in [-0.39, 0.29) is 6.61 Å². The van der Waals surface area contributed by atoms with Crippen LogP contribution in [0, 0.1) is 0 Å². The predicted octanol–water partition coefficient (Wildman–Crippen LogP) is 2.12. The van der Waals surface area contributed by atoms with Gasteiger partial charge in [0.25, 0.3) is 0 Å². The zero-order chi connectivity index (χ0) is 10.6. The van der Waals surface area contributed by atoms with Crippen molar-refractivity contribution in [2.24, 2.45) is 5.73 Å². The molecule has 1 rings (SSSR count). The maximum atomic E-state index is 5.33. The minimum atomic E-state index is 0.236. The van der Waals surface area contributed by atoms with Crippen LogP contribution in [0.5, 0.6) is 11.5 Å². The van der Waals surface area contributed by atoms with Gasteiger partial charge in [-0.2, -0.15) is 0 Å². The molecule has 0 bridgehead atoms. The molecule has 14 heavy (non-hydrogen) atoms. The molecule has 3 nitrogen and oxygen atoms in total. The van der Waals surface area contributed by atoms with E-state index in [0.29, 0.717) is 10.7 Å². The summed E-state index contributed by atoms with van der Waals surface area (Å²) in [5.74, 6) is 1.46. The number of nitrogens with two attached hydrogens (primary N) is 1. The van der Waals surface area contributed by atoms with Gasteiger partial charge in [0.15, 0.2) is 0 Å². The molecule has 0 amide bonds. The second kappa shape index (κ2) is 5.17. The number of methoxy groups -OCH3 is 1. The number of thiocarbonyl (C=S) groups is 1. The third kappa shape index (κ3) is 3.16. The fourth-order valence-corrected chi connectivity index (χ4v) is 1.41. The van der Waals surface area contributed by atoms with E-state index in [1.165, 1.54) is 0 Å². The molecular formula is C9H10BrNO2S. The van der Waals surface area contributed by atoms with Gasteiger partial charge in [-0.1, -0.05) is 12.2 Å². The van der Waals surface area contributed by atoms with Crippen LogP contribution in [0.3, 0.4) is 0 Å². The van der Waals surface area contributed by atoms with Crippen LogP contribution in [0.25, 0.3) is 0 Å². The highest BCUT2D eigenvalue weighted by molar-refractivity contribution is 9.10. The summed E-state index contributed by atoms with van der Waals surface area (Å²) < 4.78 is 11.2. The van der Waals surface area contributed by atoms with Crippen molar-refractivity contribution in [1.29, 1.82) is 0 Å². The lowest BCUT2D eigenvalue weighted by molar-refractivity contribution is 0.372. The van der Waals surface area contributed by atoms with Gasteiger partial charge in [-0.15, -0.1) is 0 Å². The lowest BCUT2D eigenvalue weighted by Gasteiger charge is -2.08. The first-order valence-electron chi connectivity index (χ1n) is 3.88. The number of benzene rings is 1. The molecule has 0 aliphatic carbocycles. The fourth-order valence-electron chi connectivity index (χ4n) is 0.874. The van der Waals surface area contributed by atoms with E-state index in [1.807, 2.05) is 6.07 Å². The van der Waals surface area contributed by atoms with Crippen LogP contribution in [0.4, 0.5) is 0 Å². The largest absolute Gasteiger partial charge is 0.497 e. The normalized spacial score (nSPS) is 9.57. The number of hydrogen-bond acceptors (Lipinski definition) is 3. The Hall–Kier alpha value is -0.810. The van der Waals surface area contributed by atoms with E-state index in [9.17, 15) is 0 Å². The Balaban J connectivity index is 2.73. The zero-order valence-electron chi connectivity index (χ0n) is 7.62. The first-order chi connectivity index (χ1) is 6.63. The molecule has 5 heteroatoms. The van der Waals surface area contributed by atoms with Gasteiger partial charge in [0.2, 0.25) is 0 Å². The van der Waals surface area contributed by atoms with Crippen LogP contribution in [0.15, 0.2) is 22.7 Å². The highest BCUT2D eigenvalue weighted by atomic mass is 79.9. The Morgan fingerprint density at radius 2 is 2.29 bits per heavy atom. The van der Waals surface area contributed by atoms with Crippen LogP contribution >= 0.6 is 28.1 Å². The Morgan fingerprint density at radius 1 is 1.57 bits per heavy atom. The van der Waals surface area contributed by atoms with E-state index in [1.54, 1.807) is 19.2 Å². The van der Waals surface area contributed by atoms with E-state index in [4.69, 9.17) is 27.4 Å². The summed E-state index contributed by atoms with van der Waals surface area (Å²) >= 11 is 8.05. The van der Waals surface area contributed by atoms with Crippen molar-refractivity contribution in [2.45, 2.75) is 0 Å². The van der Waals surface area contributed by atoms with Crippen molar-refractivity contribution in [1.82, 2.24) is 0 Å². The Morgan fingerprint density at radius 3 is 2.79 bits per heavy atom.